The van der Waals surface area contributed by atoms with Crippen molar-refractivity contribution in [1.82, 2.24) is 0 Å². The molecule has 0 amide bonds. The minimum atomic E-state index is -4.32. The van der Waals surface area contributed by atoms with Gasteiger partial charge < -0.3 is 0 Å². The van der Waals surface area contributed by atoms with Gasteiger partial charge in [0, 0.05) is 5.88 Å². The van der Waals surface area contributed by atoms with Crippen LogP contribution in [0.1, 0.15) is 11.1 Å². The van der Waals surface area contributed by atoms with Crippen molar-refractivity contribution in [2.45, 2.75) is 12.1 Å². The number of benzene rings is 2. The molecule has 0 aliphatic carbocycles. The summed E-state index contributed by atoms with van der Waals surface area (Å²) in [6.07, 6.45) is -4.32. The average molecular weight is 245 g/mol. The zero-order chi connectivity index (χ0) is 11.8. The van der Waals surface area contributed by atoms with Crippen molar-refractivity contribution in [1.29, 1.82) is 0 Å². The first-order chi connectivity index (χ1) is 7.52. The fourth-order valence-corrected chi connectivity index (χ4v) is 1.83. The van der Waals surface area contributed by atoms with Crippen LogP contribution in [-0.4, -0.2) is 0 Å². The number of alkyl halides is 4. The van der Waals surface area contributed by atoms with Gasteiger partial charge in [-0.05, 0) is 28.5 Å². The van der Waals surface area contributed by atoms with E-state index in [9.17, 15) is 13.2 Å². The first-order valence-electron chi connectivity index (χ1n) is 4.67. The molecule has 0 N–H and O–H groups in total. The van der Waals surface area contributed by atoms with E-state index < -0.39 is 11.7 Å². The van der Waals surface area contributed by atoms with Crippen LogP contribution in [0.5, 0.6) is 0 Å². The smallest absolute Gasteiger partial charge is 0.166 e. The lowest BCUT2D eigenvalue weighted by Crippen LogP contribution is -2.05. The Bertz CT molecular complexity index is 517. The Morgan fingerprint density at radius 3 is 2.44 bits per heavy atom. The van der Waals surface area contributed by atoms with E-state index in [1.165, 1.54) is 12.1 Å². The topological polar surface area (TPSA) is 0 Å². The summed E-state index contributed by atoms with van der Waals surface area (Å²) in [5, 5.41) is 0.775. The largest absolute Gasteiger partial charge is 0.417 e. The third kappa shape index (κ3) is 2.00. The number of fused-ring (bicyclic) bond motifs is 1. The van der Waals surface area contributed by atoms with Crippen LogP contribution in [0.25, 0.3) is 10.8 Å². The van der Waals surface area contributed by atoms with Crippen molar-refractivity contribution in [2.24, 2.45) is 0 Å². The van der Waals surface area contributed by atoms with Crippen LogP contribution in [0.2, 0.25) is 0 Å². The predicted molar refractivity (Wildman–Crippen MR) is 58.5 cm³/mol. The lowest BCUT2D eigenvalue weighted by atomic mass is 10.0. The summed E-state index contributed by atoms with van der Waals surface area (Å²) in [4.78, 5) is 0. The van der Waals surface area contributed by atoms with E-state index in [4.69, 9.17) is 11.6 Å². The van der Waals surface area contributed by atoms with Crippen LogP contribution in [0.15, 0.2) is 36.4 Å². The molecule has 16 heavy (non-hydrogen) atoms. The van der Waals surface area contributed by atoms with Crippen LogP contribution in [0, 0.1) is 0 Å². The van der Waals surface area contributed by atoms with Gasteiger partial charge in [-0.3, -0.25) is 0 Å². The first-order valence-corrected chi connectivity index (χ1v) is 5.20. The summed E-state index contributed by atoms with van der Waals surface area (Å²) in [7, 11) is 0. The van der Waals surface area contributed by atoms with Gasteiger partial charge in [-0.15, -0.1) is 11.6 Å². The second kappa shape index (κ2) is 3.98. The number of hydrogen-bond acceptors (Lipinski definition) is 0. The molecule has 0 aliphatic rings. The molecule has 0 unspecified atom stereocenters. The van der Waals surface area contributed by atoms with E-state index in [0.717, 1.165) is 11.6 Å². The van der Waals surface area contributed by atoms with Gasteiger partial charge in [0.15, 0.2) is 0 Å². The molecule has 2 aromatic carbocycles. The SMILES string of the molecule is FC(F)(F)c1cccc2cc(CCl)ccc12. The summed E-state index contributed by atoms with van der Waals surface area (Å²) in [6, 6.07) is 8.91. The van der Waals surface area contributed by atoms with Gasteiger partial charge in [0.2, 0.25) is 0 Å². The fraction of sp³-hybridized carbons (Fsp3) is 0.167. The van der Waals surface area contributed by atoms with Crippen LogP contribution >= 0.6 is 11.6 Å². The highest BCUT2D eigenvalue weighted by Crippen LogP contribution is 2.34. The van der Waals surface area contributed by atoms with Gasteiger partial charge in [0.25, 0.3) is 0 Å². The third-order valence-electron chi connectivity index (χ3n) is 2.40. The van der Waals surface area contributed by atoms with Crippen molar-refractivity contribution in [3.05, 3.63) is 47.5 Å². The average Bonchev–Trinajstić information content (AvgIpc) is 2.26. The molecule has 2 rings (SSSR count). The van der Waals surface area contributed by atoms with Gasteiger partial charge in [-0.1, -0.05) is 24.3 Å². The Balaban J connectivity index is 2.70. The normalized spacial score (nSPS) is 12.0. The van der Waals surface area contributed by atoms with Crippen molar-refractivity contribution in [3.8, 4) is 0 Å². The minimum Gasteiger partial charge on any atom is -0.166 e. The fourth-order valence-electron chi connectivity index (χ4n) is 1.66. The van der Waals surface area contributed by atoms with E-state index in [1.54, 1.807) is 18.2 Å². The van der Waals surface area contributed by atoms with Crippen molar-refractivity contribution < 1.29 is 13.2 Å². The molecule has 0 bridgehead atoms. The van der Waals surface area contributed by atoms with E-state index in [0.29, 0.717) is 11.3 Å². The maximum absolute atomic E-state index is 12.7. The second-order valence-corrected chi connectivity index (χ2v) is 3.76. The molecule has 0 heterocycles. The highest BCUT2D eigenvalue weighted by Gasteiger charge is 2.32. The Morgan fingerprint density at radius 2 is 1.81 bits per heavy atom. The second-order valence-electron chi connectivity index (χ2n) is 3.49. The molecule has 0 saturated heterocycles. The molecule has 0 nitrogen and oxygen atoms in total. The van der Waals surface area contributed by atoms with Crippen molar-refractivity contribution in [3.63, 3.8) is 0 Å². The Kier molecular flexibility index (Phi) is 2.80. The van der Waals surface area contributed by atoms with Crippen LogP contribution in [-0.2, 0) is 12.1 Å². The predicted octanol–water partition coefficient (Wildman–Crippen LogP) is 4.60. The van der Waals surface area contributed by atoms with E-state index >= 15 is 0 Å². The molecular formula is C12H8ClF3. The molecule has 0 atom stereocenters. The maximum atomic E-state index is 12.7. The molecule has 84 valence electrons. The van der Waals surface area contributed by atoms with Crippen LogP contribution in [0.4, 0.5) is 13.2 Å². The van der Waals surface area contributed by atoms with E-state index in [1.807, 2.05) is 0 Å². The standard InChI is InChI=1S/C12H8ClF3/c13-7-8-4-5-10-9(6-8)2-1-3-11(10)12(14,15)16/h1-6H,7H2. The minimum absolute atomic E-state index is 0.212. The molecule has 0 radical (unpaired) electrons. The molecule has 0 fully saturated rings. The van der Waals surface area contributed by atoms with Gasteiger partial charge in [0.05, 0.1) is 5.56 Å². The quantitative estimate of drug-likeness (QED) is 0.643. The highest BCUT2D eigenvalue weighted by molar-refractivity contribution is 6.17. The Hall–Kier alpha value is -1.22. The summed E-state index contributed by atoms with van der Waals surface area (Å²) < 4.78 is 38.0. The zero-order valence-corrected chi connectivity index (χ0v) is 8.94. The van der Waals surface area contributed by atoms with Crippen LogP contribution < -0.4 is 0 Å². The van der Waals surface area contributed by atoms with E-state index in [2.05, 4.69) is 0 Å². The highest BCUT2D eigenvalue weighted by atomic mass is 35.5. The number of hydrogen-bond donors (Lipinski definition) is 0. The van der Waals surface area contributed by atoms with Gasteiger partial charge in [-0.25, -0.2) is 0 Å². The summed E-state index contributed by atoms with van der Waals surface area (Å²) in [6.45, 7) is 0. The van der Waals surface area contributed by atoms with Gasteiger partial charge in [-0.2, -0.15) is 13.2 Å². The maximum Gasteiger partial charge on any atom is 0.417 e. The lowest BCUT2D eigenvalue weighted by molar-refractivity contribution is -0.136. The lowest BCUT2D eigenvalue weighted by Gasteiger charge is -2.10. The van der Waals surface area contributed by atoms with Crippen molar-refractivity contribution >= 4 is 22.4 Å². The summed E-state index contributed by atoms with van der Waals surface area (Å²) in [5.74, 6) is 0.298. The van der Waals surface area contributed by atoms with Crippen LogP contribution in [0.3, 0.4) is 0 Å². The third-order valence-corrected chi connectivity index (χ3v) is 2.71. The van der Waals surface area contributed by atoms with Crippen molar-refractivity contribution in [2.75, 3.05) is 0 Å². The molecule has 4 heteroatoms. The monoisotopic (exact) mass is 244 g/mol. The molecule has 0 spiro atoms. The van der Waals surface area contributed by atoms with Gasteiger partial charge in [0.1, 0.15) is 0 Å². The first kappa shape index (κ1) is 11.3. The molecule has 0 saturated carbocycles. The summed E-state index contributed by atoms with van der Waals surface area (Å²) in [5.41, 5.74) is 0.208. The molecule has 0 aromatic heterocycles. The zero-order valence-electron chi connectivity index (χ0n) is 8.18. The number of rotatable bonds is 1. The Labute approximate surface area is 95.6 Å². The molecule has 2 aromatic rings. The molecular weight excluding hydrogens is 237 g/mol. The molecule has 0 aliphatic heterocycles. The Morgan fingerprint density at radius 1 is 1.06 bits per heavy atom. The van der Waals surface area contributed by atoms with Gasteiger partial charge >= 0.3 is 6.18 Å². The summed E-state index contributed by atoms with van der Waals surface area (Å²) >= 11 is 5.63. The number of halogens is 4. The van der Waals surface area contributed by atoms with E-state index in [-0.39, 0.29) is 5.39 Å².